The Morgan fingerprint density at radius 3 is 2.64 bits per heavy atom. The molecule has 1 aliphatic rings. The van der Waals surface area contributed by atoms with Gasteiger partial charge < -0.3 is 15.1 Å². The van der Waals surface area contributed by atoms with Gasteiger partial charge in [-0.2, -0.15) is 5.10 Å². The number of aryl methyl sites for hydroxylation is 1. The van der Waals surface area contributed by atoms with Crippen molar-refractivity contribution < 1.29 is 4.79 Å². The van der Waals surface area contributed by atoms with E-state index in [4.69, 9.17) is 0 Å². The van der Waals surface area contributed by atoms with Gasteiger partial charge >= 0.3 is 0 Å². The van der Waals surface area contributed by atoms with Gasteiger partial charge in [-0.25, -0.2) is 9.97 Å². The lowest BCUT2D eigenvalue weighted by Crippen LogP contribution is -2.49. The average Bonchev–Trinajstić information content (AvgIpc) is 3.08. The number of aromatic nitrogens is 4. The van der Waals surface area contributed by atoms with Gasteiger partial charge in [0.15, 0.2) is 0 Å². The van der Waals surface area contributed by atoms with Crippen LogP contribution in [0, 0.1) is 6.92 Å². The van der Waals surface area contributed by atoms with E-state index in [9.17, 15) is 4.79 Å². The van der Waals surface area contributed by atoms with Gasteiger partial charge in [0.05, 0.1) is 6.20 Å². The average molecular weight is 343 g/mol. The fraction of sp³-hybridized carbons (Fsp3) is 0.529. The smallest absolute Gasteiger partial charge is 0.225 e. The van der Waals surface area contributed by atoms with Crippen LogP contribution in [-0.2, 0) is 4.79 Å². The second kappa shape index (κ2) is 8.06. The Morgan fingerprint density at radius 1 is 1.28 bits per heavy atom. The van der Waals surface area contributed by atoms with E-state index in [1.165, 1.54) is 0 Å². The largest absolute Gasteiger partial charge is 0.339 e. The van der Waals surface area contributed by atoms with E-state index >= 15 is 0 Å². The molecule has 0 bridgehead atoms. The summed E-state index contributed by atoms with van der Waals surface area (Å²) in [5.41, 5.74) is 2.20. The molecule has 2 aromatic heterocycles. The number of carbonyl (C=O) groups is 1. The minimum Gasteiger partial charge on any atom is -0.339 e. The Morgan fingerprint density at radius 2 is 2.00 bits per heavy atom. The molecule has 134 valence electrons. The Labute approximate surface area is 147 Å². The first-order valence-corrected chi connectivity index (χ1v) is 8.68. The van der Waals surface area contributed by atoms with Crippen LogP contribution in [0.25, 0.3) is 0 Å². The maximum absolute atomic E-state index is 12.4. The molecule has 0 radical (unpaired) electrons. The van der Waals surface area contributed by atoms with Gasteiger partial charge in [0, 0.05) is 68.8 Å². The van der Waals surface area contributed by atoms with Crippen LogP contribution in [0.1, 0.15) is 30.6 Å². The van der Waals surface area contributed by atoms with Crippen LogP contribution < -0.4 is 10.2 Å². The minimum atomic E-state index is 0.179. The molecule has 1 fully saturated rings. The third kappa shape index (κ3) is 4.33. The fourth-order valence-corrected chi connectivity index (χ4v) is 3.07. The Hall–Kier alpha value is -2.48. The topological polar surface area (TPSA) is 90.0 Å². The molecule has 0 spiro atoms. The molecule has 0 aliphatic carbocycles. The number of H-pyrrole nitrogens is 1. The van der Waals surface area contributed by atoms with Gasteiger partial charge in [-0.3, -0.25) is 9.89 Å². The second-order valence-electron chi connectivity index (χ2n) is 6.29. The van der Waals surface area contributed by atoms with Crippen molar-refractivity contribution in [2.24, 2.45) is 0 Å². The summed E-state index contributed by atoms with van der Waals surface area (Å²) < 4.78 is 0. The molecule has 25 heavy (non-hydrogen) atoms. The highest BCUT2D eigenvalue weighted by atomic mass is 16.2. The maximum Gasteiger partial charge on any atom is 0.225 e. The molecule has 0 aromatic carbocycles. The van der Waals surface area contributed by atoms with Crippen molar-refractivity contribution in [2.75, 3.05) is 37.6 Å². The molecule has 1 saturated heterocycles. The molecule has 2 aromatic rings. The second-order valence-corrected chi connectivity index (χ2v) is 6.29. The van der Waals surface area contributed by atoms with Crippen molar-refractivity contribution in [1.82, 2.24) is 30.4 Å². The maximum atomic E-state index is 12.4. The summed E-state index contributed by atoms with van der Waals surface area (Å²) in [6.07, 6.45) is 5.83. The summed E-state index contributed by atoms with van der Waals surface area (Å²) in [5.74, 6) is 0.929. The molecule has 8 nitrogen and oxygen atoms in total. The minimum absolute atomic E-state index is 0.179. The number of anilines is 1. The molecule has 0 saturated carbocycles. The zero-order valence-corrected chi connectivity index (χ0v) is 14.8. The molecular formula is C17H25N7O. The predicted molar refractivity (Wildman–Crippen MR) is 95.2 cm³/mol. The third-order valence-corrected chi connectivity index (χ3v) is 4.59. The zero-order valence-electron chi connectivity index (χ0n) is 14.8. The van der Waals surface area contributed by atoms with Crippen LogP contribution in [0.4, 0.5) is 5.95 Å². The van der Waals surface area contributed by atoms with Gasteiger partial charge in [-0.05, 0) is 19.9 Å². The van der Waals surface area contributed by atoms with Crippen molar-refractivity contribution in [1.29, 1.82) is 0 Å². The van der Waals surface area contributed by atoms with E-state index < -0.39 is 0 Å². The molecule has 3 rings (SSSR count). The highest BCUT2D eigenvalue weighted by Crippen LogP contribution is 2.14. The number of nitrogens with zero attached hydrogens (tertiary/aromatic N) is 5. The van der Waals surface area contributed by atoms with Crippen LogP contribution >= 0.6 is 0 Å². The number of aromatic amines is 1. The summed E-state index contributed by atoms with van der Waals surface area (Å²) in [7, 11) is 0. The first-order valence-electron chi connectivity index (χ1n) is 8.68. The van der Waals surface area contributed by atoms with Gasteiger partial charge in [0.25, 0.3) is 0 Å². The first-order chi connectivity index (χ1) is 12.1. The van der Waals surface area contributed by atoms with Crippen molar-refractivity contribution in [3.63, 3.8) is 0 Å². The van der Waals surface area contributed by atoms with Crippen LogP contribution in [0.15, 0.2) is 24.7 Å². The van der Waals surface area contributed by atoms with Crippen molar-refractivity contribution >= 4 is 11.9 Å². The monoisotopic (exact) mass is 343 g/mol. The van der Waals surface area contributed by atoms with Crippen molar-refractivity contribution in [3.05, 3.63) is 35.9 Å². The number of rotatable bonds is 6. The highest BCUT2D eigenvalue weighted by molar-refractivity contribution is 5.76. The van der Waals surface area contributed by atoms with Gasteiger partial charge in [0.2, 0.25) is 11.9 Å². The lowest BCUT2D eigenvalue weighted by Gasteiger charge is -2.34. The fourth-order valence-electron chi connectivity index (χ4n) is 3.07. The van der Waals surface area contributed by atoms with Gasteiger partial charge in [-0.15, -0.1) is 0 Å². The Balaban J connectivity index is 1.40. The van der Waals surface area contributed by atoms with Crippen LogP contribution in [0.2, 0.25) is 0 Å². The molecule has 3 heterocycles. The van der Waals surface area contributed by atoms with Crippen LogP contribution in [-0.4, -0.2) is 63.7 Å². The highest BCUT2D eigenvalue weighted by Gasteiger charge is 2.22. The number of carbonyl (C=O) groups excluding carboxylic acids is 1. The first kappa shape index (κ1) is 17.3. The van der Waals surface area contributed by atoms with Crippen molar-refractivity contribution in [2.45, 2.75) is 26.3 Å². The Kier molecular flexibility index (Phi) is 5.60. The number of amides is 1. The molecule has 1 aliphatic heterocycles. The predicted octanol–water partition coefficient (Wildman–Crippen LogP) is 0.898. The standard InChI is InChI=1S/C17H25N7O/c1-13(15-12-21-22-14(15)2)18-7-4-16(25)23-8-10-24(11-9-23)17-19-5-3-6-20-17/h3,5-6,12-13,18H,4,7-11H2,1-2H3,(H,21,22). The van der Waals surface area contributed by atoms with Crippen LogP contribution in [0.5, 0.6) is 0 Å². The SMILES string of the molecule is Cc1[nH]ncc1C(C)NCCC(=O)N1CCN(c2ncccn2)CC1. The number of nitrogens with one attached hydrogen (secondary N) is 2. The van der Waals surface area contributed by atoms with E-state index in [-0.39, 0.29) is 11.9 Å². The molecule has 1 unspecified atom stereocenters. The summed E-state index contributed by atoms with van der Waals surface area (Å²) >= 11 is 0. The molecule has 1 amide bonds. The molecule has 8 heteroatoms. The van der Waals surface area contributed by atoms with E-state index in [1.807, 2.05) is 24.1 Å². The summed E-state index contributed by atoms with van der Waals surface area (Å²) in [5, 5.41) is 10.4. The molecule has 1 atom stereocenters. The summed E-state index contributed by atoms with van der Waals surface area (Å²) in [6, 6.07) is 1.99. The zero-order chi connectivity index (χ0) is 17.6. The number of piperazine rings is 1. The summed E-state index contributed by atoms with van der Waals surface area (Å²) in [6.45, 7) is 7.72. The quantitative estimate of drug-likeness (QED) is 0.810. The van der Waals surface area contributed by atoms with E-state index in [2.05, 4.69) is 37.3 Å². The van der Waals surface area contributed by atoms with E-state index in [1.54, 1.807) is 12.4 Å². The Bertz CT molecular complexity index is 679. The third-order valence-electron chi connectivity index (χ3n) is 4.59. The number of hydrogen-bond acceptors (Lipinski definition) is 6. The normalized spacial score (nSPS) is 16.1. The van der Waals surface area contributed by atoms with Crippen LogP contribution in [0.3, 0.4) is 0 Å². The lowest BCUT2D eigenvalue weighted by molar-refractivity contribution is -0.131. The van der Waals surface area contributed by atoms with E-state index in [0.29, 0.717) is 26.1 Å². The van der Waals surface area contributed by atoms with Crippen molar-refractivity contribution in [3.8, 4) is 0 Å². The summed E-state index contributed by atoms with van der Waals surface area (Å²) in [4.78, 5) is 25.0. The van der Waals surface area contributed by atoms with Gasteiger partial charge in [0.1, 0.15) is 0 Å². The van der Waals surface area contributed by atoms with Gasteiger partial charge in [-0.1, -0.05) is 0 Å². The van der Waals surface area contributed by atoms with E-state index in [0.717, 1.165) is 30.3 Å². The molecular weight excluding hydrogens is 318 g/mol. The lowest BCUT2D eigenvalue weighted by atomic mass is 10.1. The number of hydrogen-bond donors (Lipinski definition) is 2. The molecule has 2 N–H and O–H groups in total.